The first-order valence-corrected chi connectivity index (χ1v) is 3.81. The highest BCUT2D eigenvalue weighted by Gasteiger charge is 2.34. The van der Waals surface area contributed by atoms with Crippen LogP contribution in [0.2, 0.25) is 0 Å². The lowest BCUT2D eigenvalue weighted by Crippen LogP contribution is -2.33. The third-order valence-electron chi connectivity index (χ3n) is 2.06. The van der Waals surface area contributed by atoms with Crippen molar-refractivity contribution in [2.45, 2.75) is 12.5 Å². The topological polar surface area (TPSA) is 55.8 Å². The highest BCUT2D eigenvalue weighted by molar-refractivity contribution is 6.03. The molecular weight excluding hydrogens is 172 g/mol. The number of rotatable bonds is 2. The second-order valence-corrected chi connectivity index (χ2v) is 2.92. The summed E-state index contributed by atoms with van der Waals surface area (Å²) in [6, 6.07) is 0. The van der Waals surface area contributed by atoms with Crippen LogP contribution in [0.5, 0.6) is 0 Å². The van der Waals surface area contributed by atoms with Crippen LogP contribution in [0.15, 0.2) is 23.7 Å². The molecule has 0 aliphatic heterocycles. The number of hydrogen-bond donors (Lipinski definition) is 1. The molecule has 0 spiro atoms. The smallest absolute Gasteiger partial charge is 0.223 e. The standard InChI is InChI=1S/C9H12O4/c1-9(13-3)5-7(11)6(10)4-8(9)12-2/h4-5,11H,1-3H3. The lowest BCUT2D eigenvalue weighted by molar-refractivity contribution is -0.114. The molecule has 4 heteroatoms. The molecule has 0 saturated heterocycles. The van der Waals surface area contributed by atoms with Crippen LogP contribution in [-0.2, 0) is 14.3 Å². The van der Waals surface area contributed by atoms with E-state index in [0.29, 0.717) is 5.76 Å². The van der Waals surface area contributed by atoms with E-state index >= 15 is 0 Å². The second-order valence-electron chi connectivity index (χ2n) is 2.92. The van der Waals surface area contributed by atoms with E-state index in [-0.39, 0.29) is 5.76 Å². The maximum Gasteiger partial charge on any atom is 0.223 e. The first-order valence-electron chi connectivity index (χ1n) is 3.81. The Hall–Kier alpha value is -1.29. The van der Waals surface area contributed by atoms with Gasteiger partial charge in [0.05, 0.1) is 7.11 Å². The van der Waals surface area contributed by atoms with Crippen LogP contribution in [0, 0.1) is 0 Å². The van der Waals surface area contributed by atoms with Gasteiger partial charge in [-0.3, -0.25) is 4.79 Å². The number of hydrogen-bond acceptors (Lipinski definition) is 4. The van der Waals surface area contributed by atoms with E-state index < -0.39 is 11.4 Å². The van der Waals surface area contributed by atoms with Gasteiger partial charge in [-0.25, -0.2) is 0 Å². The minimum absolute atomic E-state index is 0.315. The van der Waals surface area contributed by atoms with Crippen LogP contribution in [0.1, 0.15) is 6.92 Å². The summed E-state index contributed by atoms with van der Waals surface area (Å²) < 4.78 is 10.1. The zero-order valence-corrected chi connectivity index (χ0v) is 7.83. The van der Waals surface area contributed by atoms with Crippen LogP contribution >= 0.6 is 0 Å². The molecule has 0 saturated carbocycles. The molecule has 1 aliphatic carbocycles. The molecule has 0 bridgehead atoms. The zero-order valence-electron chi connectivity index (χ0n) is 7.83. The predicted molar refractivity (Wildman–Crippen MR) is 46.2 cm³/mol. The molecular formula is C9H12O4. The highest BCUT2D eigenvalue weighted by Crippen LogP contribution is 2.27. The summed E-state index contributed by atoms with van der Waals surface area (Å²) in [5.74, 6) is -0.394. The number of carbonyl (C=O) groups is 1. The fourth-order valence-electron chi connectivity index (χ4n) is 1.16. The minimum atomic E-state index is -0.854. The predicted octanol–water partition coefficient (Wildman–Crippen LogP) is 0.946. The molecule has 1 atom stereocenters. The molecule has 0 aromatic carbocycles. The average Bonchev–Trinajstić information content (AvgIpc) is 2.11. The number of ether oxygens (including phenoxy) is 2. The van der Waals surface area contributed by atoms with E-state index in [1.165, 1.54) is 26.4 Å². The Balaban J connectivity index is 3.09. The van der Waals surface area contributed by atoms with Gasteiger partial charge in [0.2, 0.25) is 5.78 Å². The Labute approximate surface area is 76.5 Å². The first kappa shape index (κ1) is 9.80. The first-order chi connectivity index (χ1) is 6.03. The summed E-state index contributed by atoms with van der Waals surface area (Å²) in [7, 11) is 2.93. The van der Waals surface area contributed by atoms with E-state index in [0.717, 1.165) is 0 Å². The van der Waals surface area contributed by atoms with Crippen molar-refractivity contribution in [3.05, 3.63) is 23.7 Å². The van der Waals surface area contributed by atoms with Crippen molar-refractivity contribution in [1.29, 1.82) is 0 Å². The number of allylic oxidation sites excluding steroid dienone is 1. The number of carbonyl (C=O) groups excluding carboxylic acids is 1. The lowest BCUT2D eigenvalue weighted by atomic mass is 9.96. The van der Waals surface area contributed by atoms with Gasteiger partial charge in [-0.2, -0.15) is 0 Å². The normalized spacial score (nSPS) is 28.1. The molecule has 0 aromatic rings. The Morgan fingerprint density at radius 3 is 2.54 bits per heavy atom. The third-order valence-corrected chi connectivity index (χ3v) is 2.06. The second kappa shape index (κ2) is 3.22. The van der Waals surface area contributed by atoms with E-state index in [9.17, 15) is 9.90 Å². The van der Waals surface area contributed by atoms with Crippen LogP contribution in [-0.4, -0.2) is 30.7 Å². The largest absolute Gasteiger partial charge is 0.504 e. The number of methoxy groups -OCH3 is 2. The van der Waals surface area contributed by atoms with Gasteiger partial charge in [0.1, 0.15) is 11.4 Å². The van der Waals surface area contributed by atoms with Crippen LogP contribution in [0.25, 0.3) is 0 Å². The van der Waals surface area contributed by atoms with Crippen molar-refractivity contribution >= 4 is 5.78 Å². The molecule has 1 aliphatic rings. The van der Waals surface area contributed by atoms with Gasteiger partial charge in [0, 0.05) is 19.3 Å². The monoisotopic (exact) mass is 184 g/mol. The maximum absolute atomic E-state index is 11.0. The minimum Gasteiger partial charge on any atom is -0.504 e. The summed E-state index contributed by atoms with van der Waals surface area (Å²) in [6.07, 6.45) is 2.55. The van der Waals surface area contributed by atoms with Crippen molar-refractivity contribution in [2.75, 3.05) is 14.2 Å². The van der Waals surface area contributed by atoms with Gasteiger partial charge in [-0.15, -0.1) is 0 Å². The van der Waals surface area contributed by atoms with Gasteiger partial charge in [0.25, 0.3) is 0 Å². The summed E-state index contributed by atoms with van der Waals surface area (Å²) in [5, 5.41) is 9.19. The molecule has 72 valence electrons. The van der Waals surface area contributed by atoms with E-state index in [1.54, 1.807) is 6.92 Å². The summed E-state index contributed by atoms with van der Waals surface area (Å²) in [4.78, 5) is 11.0. The lowest BCUT2D eigenvalue weighted by Gasteiger charge is -2.28. The number of aliphatic hydroxyl groups is 1. The van der Waals surface area contributed by atoms with Gasteiger partial charge >= 0.3 is 0 Å². The number of ketones is 1. The van der Waals surface area contributed by atoms with Gasteiger partial charge in [0.15, 0.2) is 5.76 Å². The summed E-state index contributed by atoms with van der Waals surface area (Å²) in [6.45, 7) is 1.70. The molecule has 0 radical (unpaired) electrons. The third kappa shape index (κ3) is 1.58. The van der Waals surface area contributed by atoms with Gasteiger partial charge in [-0.05, 0) is 6.92 Å². The average molecular weight is 184 g/mol. The van der Waals surface area contributed by atoms with E-state index in [1.807, 2.05) is 0 Å². The van der Waals surface area contributed by atoms with Gasteiger partial charge < -0.3 is 14.6 Å². The SMILES string of the molecule is COC1=CC(=O)C(O)=CC1(C)OC. The number of aliphatic hydroxyl groups excluding tert-OH is 1. The summed E-state index contributed by atoms with van der Waals surface area (Å²) in [5.41, 5.74) is -0.854. The van der Waals surface area contributed by atoms with Crippen LogP contribution in [0.4, 0.5) is 0 Å². The van der Waals surface area contributed by atoms with Crippen molar-refractivity contribution in [3.8, 4) is 0 Å². The Morgan fingerprint density at radius 1 is 1.46 bits per heavy atom. The van der Waals surface area contributed by atoms with E-state index in [4.69, 9.17) is 9.47 Å². The molecule has 13 heavy (non-hydrogen) atoms. The van der Waals surface area contributed by atoms with Crippen molar-refractivity contribution in [3.63, 3.8) is 0 Å². The molecule has 4 nitrogen and oxygen atoms in total. The fraction of sp³-hybridized carbons (Fsp3) is 0.444. The molecule has 0 fully saturated rings. The summed E-state index contributed by atoms with van der Waals surface area (Å²) >= 11 is 0. The van der Waals surface area contributed by atoms with E-state index in [2.05, 4.69) is 0 Å². The molecule has 0 amide bonds. The molecule has 1 rings (SSSR count). The fourth-order valence-corrected chi connectivity index (χ4v) is 1.16. The molecule has 0 aromatic heterocycles. The van der Waals surface area contributed by atoms with Crippen LogP contribution in [0.3, 0.4) is 0 Å². The Kier molecular flexibility index (Phi) is 2.43. The van der Waals surface area contributed by atoms with Crippen molar-refractivity contribution in [1.82, 2.24) is 0 Å². The highest BCUT2D eigenvalue weighted by atomic mass is 16.5. The van der Waals surface area contributed by atoms with Crippen molar-refractivity contribution < 1.29 is 19.4 Å². The molecule has 1 unspecified atom stereocenters. The van der Waals surface area contributed by atoms with Gasteiger partial charge in [-0.1, -0.05) is 0 Å². The maximum atomic E-state index is 11.0. The van der Waals surface area contributed by atoms with Crippen LogP contribution < -0.4 is 0 Å². The molecule has 1 N–H and O–H groups in total. The Morgan fingerprint density at radius 2 is 2.08 bits per heavy atom. The Bertz CT molecular complexity index is 290. The zero-order chi connectivity index (χ0) is 10.1. The molecule has 0 heterocycles. The quantitative estimate of drug-likeness (QED) is 0.694. The van der Waals surface area contributed by atoms with Crippen molar-refractivity contribution in [2.24, 2.45) is 0 Å².